The van der Waals surface area contributed by atoms with E-state index in [2.05, 4.69) is 35.0 Å². The second kappa shape index (κ2) is 7.49. The Morgan fingerprint density at radius 3 is 2.63 bits per heavy atom. The number of hydrogen-bond donors (Lipinski definition) is 0. The zero-order valence-electron chi connectivity index (χ0n) is 11.4. The first-order valence-corrected chi connectivity index (χ1v) is 8.89. The summed E-state index contributed by atoms with van der Waals surface area (Å²) in [6.45, 7) is 2.22. The summed E-state index contributed by atoms with van der Waals surface area (Å²) >= 11 is 5.10. The number of hydrogen-bond acceptors (Lipinski definition) is 2. The molecule has 0 amide bonds. The zero-order valence-corrected chi connectivity index (χ0v) is 13.8. The Balaban J connectivity index is 1.87. The molecule has 1 aliphatic rings. The molecule has 0 spiro atoms. The standard InChI is InChI=1S/C16H21BrOS/c1-2-12-5-3-4-6-15(12)16(18)11-19-14-9-7-13(17)8-10-14/h7-10,12,15H,2-6,11H2,1H3. The van der Waals surface area contributed by atoms with Gasteiger partial charge < -0.3 is 0 Å². The second-order valence-corrected chi connectivity index (χ2v) is 7.23. The van der Waals surface area contributed by atoms with Crippen LogP contribution in [0.25, 0.3) is 0 Å². The number of Topliss-reactive ketones (excluding diaryl/α,β-unsaturated/α-hetero) is 1. The van der Waals surface area contributed by atoms with Gasteiger partial charge in [-0.1, -0.05) is 42.1 Å². The monoisotopic (exact) mass is 340 g/mol. The van der Waals surface area contributed by atoms with E-state index < -0.39 is 0 Å². The molecular weight excluding hydrogens is 320 g/mol. The van der Waals surface area contributed by atoms with Gasteiger partial charge in [-0.3, -0.25) is 4.79 Å². The fourth-order valence-electron chi connectivity index (χ4n) is 2.91. The van der Waals surface area contributed by atoms with Crippen LogP contribution in [0.15, 0.2) is 33.6 Å². The smallest absolute Gasteiger partial charge is 0.146 e. The van der Waals surface area contributed by atoms with Gasteiger partial charge in [0.05, 0.1) is 5.75 Å². The number of halogens is 1. The molecule has 1 aromatic rings. The van der Waals surface area contributed by atoms with Crippen molar-refractivity contribution < 1.29 is 4.79 Å². The van der Waals surface area contributed by atoms with Gasteiger partial charge in [-0.05, 0) is 43.0 Å². The summed E-state index contributed by atoms with van der Waals surface area (Å²) in [5.41, 5.74) is 0. The number of carbonyl (C=O) groups is 1. The number of rotatable bonds is 5. The normalized spacial score (nSPS) is 23.3. The van der Waals surface area contributed by atoms with Gasteiger partial charge in [0.1, 0.15) is 5.78 Å². The molecule has 2 atom stereocenters. The Bertz CT molecular complexity index is 415. The molecule has 1 saturated carbocycles. The minimum Gasteiger partial charge on any atom is -0.298 e. The van der Waals surface area contributed by atoms with Crippen molar-refractivity contribution in [2.45, 2.75) is 43.9 Å². The van der Waals surface area contributed by atoms with Crippen LogP contribution >= 0.6 is 27.7 Å². The Morgan fingerprint density at radius 1 is 1.26 bits per heavy atom. The largest absolute Gasteiger partial charge is 0.298 e. The van der Waals surface area contributed by atoms with Crippen LogP contribution in [0, 0.1) is 11.8 Å². The number of thioether (sulfide) groups is 1. The van der Waals surface area contributed by atoms with Gasteiger partial charge >= 0.3 is 0 Å². The summed E-state index contributed by atoms with van der Waals surface area (Å²) in [4.78, 5) is 13.6. The van der Waals surface area contributed by atoms with E-state index in [4.69, 9.17) is 0 Å². The lowest BCUT2D eigenvalue weighted by Crippen LogP contribution is -2.28. The SMILES string of the molecule is CCC1CCCCC1C(=O)CSc1ccc(Br)cc1. The topological polar surface area (TPSA) is 17.1 Å². The van der Waals surface area contributed by atoms with Crippen molar-refractivity contribution in [1.29, 1.82) is 0 Å². The molecule has 2 unspecified atom stereocenters. The average Bonchev–Trinajstić information content (AvgIpc) is 2.46. The van der Waals surface area contributed by atoms with E-state index in [0.717, 1.165) is 17.3 Å². The molecule has 1 aliphatic carbocycles. The highest BCUT2D eigenvalue weighted by atomic mass is 79.9. The minimum absolute atomic E-state index is 0.321. The van der Waals surface area contributed by atoms with Crippen molar-refractivity contribution >= 4 is 33.5 Å². The maximum absolute atomic E-state index is 12.4. The molecule has 0 bridgehead atoms. The Labute approximate surface area is 128 Å². The Kier molecular flexibility index (Phi) is 5.96. The van der Waals surface area contributed by atoms with Crippen molar-refractivity contribution in [1.82, 2.24) is 0 Å². The van der Waals surface area contributed by atoms with E-state index in [1.807, 2.05) is 12.1 Å². The Morgan fingerprint density at radius 2 is 1.95 bits per heavy atom. The predicted molar refractivity (Wildman–Crippen MR) is 85.6 cm³/mol. The number of ketones is 1. The molecule has 3 heteroatoms. The maximum atomic E-state index is 12.4. The lowest BCUT2D eigenvalue weighted by molar-refractivity contribution is -0.123. The quantitative estimate of drug-likeness (QED) is 0.674. The molecule has 0 heterocycles. The van der Waals surface area contributed by atoms with Crippen molar-refractivity contribution in [3.63, 3.8) is 0 Å². The first-order chi connectivity index (χ1) is 9.20. The van der Waals surface area contributed by atoms with Crippen molar-refractivity contribution in [2.24, 2.45) is 11.8 Å². The van der Waals surface area contributed by atoms with E-state index in [1.165, 1.54) is 24.2 Å². The van der Waals surface area contributed by atoms with Gasteiger partial charge in [-0.15, -0.1) is 11.8 Å². The van der Waals surface area contributed by atoms with Gasteiger partial charge in [-0.2, -0.15) is 0 Å². The highest BCUT2D eigenvalue weighted by Gasteiger charge is 2.29. The fourth-order valence-corrected chi connectivity index (χ4v) is 4.03. The molecule has 0 aliphatic heterocycles. The van der Waals surface area contributed by atoms with Gasteiger partial charge in [0.2, 0.25) is 0 Å². The summed E-state index contributed by atoms with van der Waals surface area (Å²) in [6, 6.07) is 8.20. The third kappa shape index (κ3) is 4.35. The lowest BCUT2D eigenvalue weighted by Gasteiger charge is -2.29. The van der Waals surface area contributed by atoms with Crippen LogP contribution < -0.4 is 0 Å². The molecule has 1 nitrogen and oxygen atoms in total. The third-order valence-electron chi connectivity index (χ3n) is 4.04. The van der Waals surface area contributed by atoms with Crippen molar-refractivity contribution in [2.75, 3.05) is 5.75 Å². The molecule has 2 rings (SSSR count). The maximum Gasteiger partial charge on any atom is 0.146 e. The highest BCUT2D eigenvalue weighted by Crippen LogP contribution is 2.34. The molecule has 1 aromatic carbocycles. The summed E-state index contributed by atoms with van der Waals surface area (Å²) in [5, 5.41) is 0. The van der Waals surface area contributed by atoms with Gasteiger partial charge in [0.15, 0.2) is 0 Å². The second-order valence-electron chi connectivity index (χ2n) is 5.27. The van der Waals surface area contributed by atoms with Gasteiger partial charge in [0.25, 0.3) is 0 Å². The molecule has 0 aromatic heterocycles. The summed E-state index contributed by atoms with van der Waals surface area (Å²) < 4.78 is 1.08. The number of benzene rings is 1. The van der Waals surface area contributed by atoms with Crippen LogP contribution in [0.4, 0.5) is 0 Å². The first kappa shape index (κ1) is 15.1. The van der Waals surface area contributed by atoms with Crippen LogP contribution in [-0.2, 0) is 4.79 Å². The molecule has 0 saturated heterocycles. The molecule has 1 fully saturated rings. The summed E-state index contributed by atoms with van der Waals surface area (Å²) in [6.07, 6.45) is 6.05. The third-order valence-corrected chi connectivity index (χ3v) is 5.60. The molecule has 19 heavy (non-hydrogen) atoms. The molecule has 104 valence electrons. The van der Waals surface area contributed by atoms with Crippen LogP contribution in [-0.4, -0.2) is 11.5 Å². The predicted octanol–water partition coefficient (Wildman–Crippen LogP) is 5.33. The van der Waals surface area contributed by atoms with Gasteiger partial charge in [-0.25, -0.2) is 0 Å². The van der Waals surface area contributed by atoms with E-state index in [9.17, 15) is 4.79 Å². The van der Waals surface area contributed by atoms with Crippen LogP contribution in [0.1, 0.15) is 39.0 Å². The minimum atomic E-state index is 0.321. The zero-order chi connectivity index (χ0) is 13.7. The number of carbonyl (C=O) groups excluding carboxylic acids is 1. The van der Waals surface area contributed by atoms with E-state index in [-0.39, 0.29) is 0 Å². The first-order valence-electron chi connectivity index (χ1n) is 7.11. The van der Waals surface area contributed by atoms with Crippen LogP contribution in [0.5, 0.6) is 0 Å². The average molecular weight is 341 g/mol. The van der Waals surface area contributed by atoms with E-state index in [1.54, 1.807) is 11.8 Å². The summed E-state index contributed by atoms with van der Waals surface area (Å²) in [7, 11) is 0. The van der Waals surface area contributed by atoms with Crippen LogP contribution in [0.2, 0.25) is 0 Å². The summed E-state index contributed by atoms with van der Waals surface area (Å²) in [5.74, 6) is 2.04. The van der Waals surface area contributed by atoms with Crippen molar-refractivity contribution in [3.8, 4) is 0 Å². The molecule has 0 N–H and O–H groups in total. The molecular formula is C16H21BrOS. The highest BCUT2D eigenvalue weighted by molar-refractivity contribution is 9.10. The molecule has 0 radical (unpaired) electrons. The van der Waals surface area contributed by atoms with E-state index >= 15 is 0 Å². The van der Waals surface area contributed by atoms with Crippen molar-refractivity contribution in [3.05, 3.63) is 28.7 Å². The van der Waals surface area contributed by atoms with Crippen LogP contribution in [0.3, 0.4) is 0 Å². The van der Waals surface area contributed by atoms with E-state index in [0.29, 0.717) is 23.4 Å². The lowest BCUT2D eigenvalue weighted by atomic mass is 9.76. The van der Waals surface area contributed by atoms with Gasteiger partial charge in [0, 0.05) is 15.3 Å². The fraction of sp³-hybridized carbons (Fsp3) is 0.562. The Hall–Kier alpha value is -0.280.